The Morgan fingerprint density at radius 2 is 0.794 bits per heavy atom. The number of ketones is 2. The molecule has 0 aromatic carbocycles. The van der Waals surface area contributed by atoms with Crippen molar-refractivity contribution in [3.05, 3.63) is 0 Å². The molecule has 9 aliphatic carbocycles. The molecule has 4 nitrogen and oxygen atoms in total. The van der Waals surface area contributed by atoms with Crippen LogP contribution in [0.2, 0.25) is 0 Å². The second-order valence-corrected chi connectivity index (χ2v) is 14.9. The summed E-state index contributed by atoms with van der Waals surface area (Å²) >= 11 is 0. The van der Waals surface area contributed by atoms with Gasteiger partial charge in [0.15, 0.2) is 11.1 Å². The number of rotatable bonds is 2. The number of hydrogen-bond acceptors (Lipinski definition) is 4. The van der Waals surface area contributed by atoms with Crippen molar-refractivity contribution in [2.75, 3.05) is 0 Å². The van der Waals surface area contributed by atoms with Crippen molar-refractivity contribution >= 4 is 23.0 Å². The van der Waals surface area contributed by atoms with E-state index in [-0.39, 0.29) is 22.4 Å². The van der Waals surface area contributed by atoms with E-state index >= 15 is 0 Å². The maximum absolute atomic E-state index is 14.6. The summed E-state index contributed by atoms with van der Waals surface area (Å²) in [6.45, 7) is 0. The summed E-state index contributed by atoms with van der Waals surface area (Å²) < 4.78 is 0. The van der Waals surface area contributed by atoms with Crippen LogP contribution in [0.4, 0.5) is 0 Å². The van der Waals surface area contributed by atoms with Crippen LogP contribution in [0.5, 0.6) is 0 Å². The summed E-state index contributed by atoms with van der Waals surface area (Å²) in [5.41, 5.74) is -0.0708. The van der Waals surface area contributed by atoms with Gasteiger partial charge < -0.3 is 0 Å². The zero-order valence-corrected chi connectivity index (χ0v) is 20.5. The summed E-state index contributed by atoms with van der Waals surface area (Å²) in [4.78, 5) is 40.0. The van der Waals surface area contributed by atoms with E-state index in [0.29, 0.717) is 0 Å². The van der Waals surface area contributed by atoms with E-state index in [1.807, 2.05) is 0 Å². The predicted molar refractivity (Wildman–Crippen MR) is 130 cm³/mol. The highest BCUT2D eigenvalue weighted by atomic mass is 16.2. The fourth-order valence-electron chi connectivity index (χ4n) is 12.6. The molecular weight excluding hydrogens is 420 g/mol. The first-order valence-electron chi connectivity index (χ1n) is 14.7. The van der Waals surface area contributed by atoms with Crippen LogP contribution in [0.1, 0.15) is 103 Å². The first-order chi connectivity index (χ1) is 16.4. The van der Waals surface area contributed by atoms with Gasteiger partial charge in [-0.3, -0.25) is 19.6 Å². The molecule has 4 heteroatoms. The zero-order chi connectivity index (χ0) is 22.5. The van der Waals surface area contributed by atoms with Gasteiger partial charge in [-0.05, 0) is 125 Å². The number of hydrogen-bond donors (Lipinski definition) is 0. The third kappa shape index (κ3) is 2.13. The minimum absolute atomic E-state index is 0.0306. The molecule has 0 aromatic heterocycles. The monoisotopic (exact) mass is 458 g/mol. The van der Waals surface area contributed by atoms with Gasteiger partial charge >= 0.3 is 0 Å². The summed E-state index contributed by atoms with van der Waals surface area (Å²) in [7, 11) is 0. The minimum Gasteiger partial charge on any atom is -0.290 e. The van der Waals surface area contributed by atoms with Gasteiger partial charge in [-0.2, -0.15) is 0 Å². The van der Waals surface area contributed by atoms with Crippen LogP contribution in [0.15, 0.2) is 9.98 Å². The Labute approximate surface area is 202 Å². The molecular formula is C30H38N2O2. The molecule has 0 aromatic rings. The van der Waals surface area contributed by atoms with E-state index in [1.54, 1.807) is 0 Å². The summed E-state index contributed by atoms with van der Waals surface area (Å²) in [5, 5.41) is 0. The third-order valence-electron chi connectivity index (χ3n) is 12.9. The Kier molecular flexibility index (Phi) is 3.48. The van der Waals surface area contributed by atoms with E-state index < -0.39 is 11.1 Å². The van der Waals surface area contributed by atoms with Crippen molar-refractivity contribution < 1.29 is 9.59 Å². The van der Waals surface area contributed by atoms with Gasteiger partial charge in [-0.25, -0.2) is 0 Å². The van der Waals surface area contributed by atoms with Crippen LogP contribution >= 0.6 is 0 Å². The number of nitrogens with zero attached hydrogens (tertiary/aromatic N) is 2. The molecule has 9 fully saturated rings. The first-order valence-corrected chi connectivity index (χ1v) is 14.7. The molecule has 2 atom stereocenters. The molecule has 2 aliphatic heterocycles. The Hall–Kier alpha value is -1.32. The van der Waals surface area contributed by atoms with E-state index in [1.165, 1.54) is 38.5 Å². The largest absolute Gasteiger partial charge is 0.290 e. The van der Waals surface area contributed by atoms with Crippen LogP contribution in [0, 0.1) is 46.3 Å². The van der Waals surface area contributed by atoms with Crippen molar-refractivity contribution in [2.24, 2.45) is 56.3 Å². The van der Waals surface area contributed by atoms with Crippen LogP contribution in [-0.4, -0.2) is 34.1 Å². The highest BCUT2D eigenvalue weighted by Crippen LogP contribution is 2.66. The average molecular weight is 459 g/mol. The molecule has 0 saturated heterocycles. The quantitative estimate of drug-likeness (QED) is 0.547. The molecule has 8 bridgehead atoms. The Morgan fingerprint density at radius 1 is 0.500 bits per heavy atom. The fraction of sp³-hybridized carbons (Fsp3) is 0.867. The van der Waals surface area contributed by atoms with E-state index in [2.05, 4.69) is 0 Å². The fourth-order valence-corrected chi connectivity index (χ4v) is 12.6. The van der Waals surface area contributed by atoms with Crippen molar-refractivity contribution in [3.63, 3.8) is 0 Å². The van der Waals surface area contributed by atoms with Crippen molar-refractivity contribution in [3.8, 4) is 0 Å². The molecule has 0 spiro atoms. The van der Waals surface area contributed by atoms with Gasteiger partial charge in [0.05, 0.1) is 11.4 Å². The van der Waals surface area contributed by atoms with Gasteiger partial charge in [-0.15, -0.1) is 0 Å². The Morgan fingerprint density at radius 3 is 1.09 bits per heavy atom. The van der Waals surface area contributed by atoms with Gasteiger partial charge in [0.25, 0.3) is 0 Å². The molecule has 9 saturated carbocycles. The minimum atomic E-state index is -0.861. The number of Topliss-reactive ketones (excluding diaryl/α,β-unsaturated/α-hetero) is 2. The van der Waals surface area contributed by atoms with Crippen LogP contribution in [0.25, 0.3) is 0 Å². The Balaban J connectivity index is 1.17. The SMILES string of the molecule is O=C1C(C23CC4CC(CC(C4)C2)C3)=N[C@]23CCCC[C@]12N=C(C12CC4CC(CC(C4)C1)C2)C3=O. The lowest BCUT2D eigenvalue weighted by atomic mass is 9.47. The molecule has 0 unspecified atom stereocenters. The Bertz CT molecular complexity index is 943. The molecule has 0 radical (unpaired) electrons. The second kappa shape index (κ2) is 5.97. The lowest BCUT2D eigenvalue weighted by Crippen LogP contribution is -2.58. The van der Waals surface area contributed by atoms with E-state index in [9.17, 15) is 9.59 Å². The van der Waals surface area contributed by atoms with E-state index in [0.717, 1.165) is 111 Å². The third-order valence-corrected chi connectivity index (χ3v) is 12.9. The van der Waals surface area contributed by atoms with Gasteiger partial charge in [-0.1, -0.05) is 12.8 Å². The number of aliphatic imine (C=N–C) groups is 2. The van der Waals surface area contributed by atoms with Crippen molar-refractivity contribution in [2.45, 2.75) is 114 Å². The second-order valence-electron chi connectivity index (χ2n) is 14.9. The van der Waals surface area contributed by atoms with Crippen LogP contribution in [0.3, 0.4) is 0 Å². The lowest BCUT2D eigenvalue weighted by Gasteiger charge is -2.57. The standard InChI is InChI=1S/C30H38N2O2/c33-25-23(27-11-17-5-18(12-27)7-19(6-17)13-27)32-30-4-2-1-3-29(25,30)31-24(26(30)34)28-14-20-8-21(15-28)10-22(9-20)16-28/h17-22H,1-16H2/t17?,18?,19?,20?,21?,22?,27?,28?,29-,30-/m0/s1. The molecule has 11 rings (SSSR count). The van der Waals surface area contributed by atoms with Crippen molar-refractivity contribution in [1.29, 1.82) is 0 Å². The summed E-state index contributed by atoms with van der Waals surface area (Å²) in [6.07, 6.45) is 18.6. The molecule has 180 valence electrons. The summed E-state index contributed by atoms with van der Waals surface area (Å²) in [6, 6.07) is 0. The van der Waals surface area contributed by atoms with Crippen LogP contribution < -0.4 is 0 Å². The van der Waals surface area contributed by atoms with Crippen LogP contribution in [-0.2, 0) is 9.59 Å². The zero-order valence-electron chi connectivity index (χ0n) is 20.5. The number of carbonyl (C=O) groups excluding carboxylic acids is 2. The van der Waals surface area contributed by atoms with Gasteiger partial charge in [0.2, 0.25) is 11.6 Å². The highest BCUT2D eigenvalue weighted by molar-refractivity contribution is 6.56. The topological polar surface area (TPSA) is 58.9 Å². The molecule has 34 heavy (non-hydrogen) atoms. The molecule has 0 N–H and O–H groups in total. The first kappa shape index (κ1) is 19.8. The van der Waals surface area contributed by atoms with Gasteiger partial charge in [0, 0.05) is 10.8 Å². The smallest absolute Gasteiger partial charge is 0.207 e. The van der Waals surface area contributed by atoms with E-state index in [4.69, 9.17) is 9.98 Å². The normalized spacial score (nSPS) is 58.2. The maximum Gasteiger partial charge on any atom is 0.207 e. The average Bonchev–Trinajstić information content (AvgIpc) is 3.21. The molecule has 0 amide bonds. The highest BCUT2D eigenvalue weighted by Gasteiger charge is 2.75. The molecule has 2 heterocycles. The maximum atomic E-state index is 14.6. The predicted octanol–water partition coefficient (Wildman–Crippen LogP) is 5.52. The van der Waals surface area contributed by atoms with Crippen molar-refractivity contribution in [1.82, 2.24) is 0 Å². The lowest BCUT2D eigenvalue weighted by molar-refractivity contribution is -0.127. The molecule has 11 aliphatic rings. The van der Waals surface area contributed by atoms with Gasteiger partial charge in [0.1, 0.15) is 0 Å². The number of carbonyl (C=O) groups is 2. The summed E-state index contributed by atoms with van der Waals surface area (Å²) in [5.74, 6) is 5.09.